The number of anilines is 3. The number of piperidine rings is 1. The third kappa shape index (κ3) is 5.72. The highest BCUT2D eigenvalue weighted by molar-refractivity contribution is 5.97. The molecule has 3 aromatic rings. The lowest BCUT2D eigenvalue weighted by Crippen LogP contribution is -2.49. The number of carbonyl (C=O) groups is 1. The molecule has 3 fully saturated rings. The lowest BCUT2D eigenvalue weighted by Gasteiger charge is -2.38. The summed E-state index contributed by atoms with van der Waals surface area (Å²) in [5.41, 5.74) is 2.65. The Bertz CT molecular complexity index is 1270. The Morgan fingerprint density at radius 3 is 2.56 bits per heavy atom. The minimum absolute atomic E-state index is 0.00140. The van der Waals surface area contributed by atoms with Crippen molar-refractivity contribution in [3.05, 3.63) is 36.3 Å². The van der Waals surface area contributed by atoms with Crippen LogP contribution in [0.1, 0.15) is 55.1 Å². The average molecular weight is 532 g/mol. The first-order chi connectivity index (χ1) is 19.0. The summed E-state index contributed by atoms with van der Waals surface area (Å²) in [5.74, 6) is 2.00. The first-order valence-corrected chi connectivity index (χ1v) is 14.6. The molecule has 10 nitrogen and oxygen atoms in total. The molecule has 1 saturated carbocycles. The van der Waals surface area contributed by atoms with E-state index in [0.29, 0.717) is 23.5 Å². The molecule has 2 N–H and O–H groups in total. The molecule has 1 atom stereocenters. The second-order valence-electron chi connectivity index (χ2n) is 11.5. The second-order valence-corrected chi connectivity index (χ2v) is 11.5. The lowest BCUT2D eigenvalue weighted by molar-refractivity contribution is 0.0815. The summed E-state index contributed by atoms with van der Waals surface area (Å²) in [6.07, 6.45) is 10.9. The molecule has 10 heteroatoms. The van der Waals surface area contributed by atoms with Crippen LogP contribution in [0.4, 0.5) is 17.5 Å². The van der Waals surface area contributed by atoms with Gasteiger partial charge in [-0.25, -0.2) is 9.97 Å². The van der Waals surface area contributed by atoms with E-state index in [0.717, 1.165) is 68.2 Å². The highest BCUT2D eigenvalue weighted by Crippen LogP contribution is 2.35. The van der Waals surface area contributed by atoms with Crippen LogP contribution in [0.3, 0.4) is 0 Å². The van der Waals surface area contributed by atoms with Crippen LogP contribution in [0.5, 0.6) is 0 Å². The number of piperazine rings is 1. The van der Waals surface area contributed by atoms with E-state index in [2.05, 4.69) is 41.0 Å². The van der Waals surface area contributed by atoms with Crippen LogP contribution < -0.4 is 15.5 Å². The summed E-state index contributed by atoms with van der Waals surface area (Å²) in [5, 5.41) is 7.71. The smallest absolute Gasteiger partial charge is 0.270 e. The van der Waals surface area contributed by atoms with E-state index < -0.39 is 0 Å². The Balaban J connectivity index is 1.12. The molecular formula is C29H41N9O. The van der Waals surface area contributed by atoms with E-state index in [1.807, 2.05) is 18.3 Å². The van der Waals surface area contributed by atoms with Crippen molar-refractivity contribution in [1.82, 2.24) is 34.6 Å². The van der Waals surface area contributed by atoms with Gasteiger partial charge in [-0.3, -0.25) is 9.69 Å². The van der Waals surface area contributed by atoms with Crippen molar-refractivity contribution in [3.8, 4) is 0 Å². The molecule has 208 valence electrons. The van der Waals surface area contributed by atoms with Crippen molar-refractivity contribution < 1.29 is 4.79 Å². The Kier molecular flexibility index (Phi) is 7.65. The molecule has 0 radical (unpaired) electrons. The molecule has 2 aliphatic heterocycles. The summed E-state index contributed by atoms with van der Waals surface area (Å²) in [6, 6.07) is 6.35. The number of hydrogen-bond acceptors (Lipinski definition) is 8. The molecule has 39 heavy (non-hydrogen) atoms. The Morgan fingerprint density at radius 2 is 1.87 bits per heavy atom. The van der Waals surface area contributed by atoms with E-state index in [1.165, 1.54) is 38.8 Å². The molecule has 0 spiro atoms. The number of aromatic nitrogens is 4. The van der Waals surface area contributed by atoms with Gasteiger partial charge in [0.05, 0.1) is 11.9 Å². The molecule has 6 rings (SSSR count). The number of amides is 1. The fourth-order valence-electron chi connectivity index (χ4n) is 6.39. The highest BCUT2D eigenvalue weighted by atomic mass is 16.2. The van der Waals surface area contributed by atoms with Gasteiger partial charge in [-0.15, -0.1) is 0 Å². The monoisotopic (exact) mass is 531 g/mol. The van der Waals surface area contributed by atoms with Crippen molar-refractivity contribution in [2.45, 2.75) is 44.6 Å². The fraction of sp³-hybridized carbons (Fsp3) is 0.586. The molecule has 1 amide bonds. The van der Waals surface area contributed by atoms with E-state index in [9.17, 15) is 4.79 Å². The quantitative estimate of drug-likeness (QED) is 0.479. The second kappa shape index (κ2) is 11.5. The Labute approximate surface area is 230 Å². The van der Waals surface area contributed by atoms with E-state index >= 15 is 0 Å². The number of fused-ring (bicyclic) bond motifs is 1. The van der Waals surface area contributed by atoms with Crippen molar-refractivity contribution >= 4 is 34.4 Å². The number of nitrogens with zero attached hydrogens (tertiary/aromatic N) is 7. The van der Waals surface area contributed by atoms with Gasteiger partial charge in [-0.2, -0.15) is 4.98 Å². The molecule has 0 aromatic carbocycles. The number of carbonyl (C=O) groups excluding carboxylic acids is 1. The van der Waals surface area contributed by atoms with Crippen LogP contribution in [0.25, 0.3) is 11.0 Å². The minimum Gasteiger partial charge on any atom is -0.368 e. The fourth-order valence-corrected chi connectivity index (χ4v) is 6.39. The van der Waals surface area contributed by atoms with Gasteiger partial charge in [-0.1, -0.05) is 12.8 Å². The first kappa shape index (κ1) is 26.0. The number of rotatable bonds is 7. The van der Waals surface area contributed by atoms with E-state index in [4.69, 9.17) is 4.98 Å². The largest absolute Gasteiger partial charge is 0.368 e. The molecule has 3 aromatic heterocycles. The normalized spacial score (nSPS) is 21.0. The number of nitrogens with one attached hydrogen (secondary N) is 2. The molecule has 1 aliphatic carbocycles. The summed E-state index contributed by atoms with van der Waals surface area (Å²) in [6.45, 7) is 7.81. The molecule has 0 bridgehead atoms. The SMILES string of the molecule is CN(C)C(=O)c1cc2cnc(Nc3ccc(N4CCN(C[C@H]5CCCNC5)CC4)cn3)nc2n1C1CCCC1. The van der Waals surface area contributed by atoms with Crippen molar-refractivity contribution in [2.24, 2.45) is 5.92 Å². The minimum atomic E-state index is -0.00140. The predicted molar refractivity (Wildman–Crippen MR) is 155 cm³/mol. The van der Waals surface area contributed by atoms with Crippen LogP contribution >= 0.6 is 0 Å². The average Bonchev–Trinajstić information content (AvgIpc) is 3.62. The zero-order valence-corrected chi connectivity index (χ0v) is 23.3. The van der Waals surface area contributed by atoms with Crippen LogP contribution in [-0.4, -0.2) is 95.1 Å². The van der Waals surface area contributed by atoms with Crippen molar-refractivity contribution in [2.75, 3.05) is 70.1 Å². The number of hydrogen-bond donors (Lipinski definition) is 2. The first-order valence-electron chi connectivity index (χ1n) is 14.6. The van der Waals surface area contributed by atoms with Gasteiger partial charge in [-0.05, 0) is 62.9 Å². The van der Waals surface area contributed by atoms with Gasteiger partial charge in [0, 0.05) is 64.4 Å². The Hall–Kier alpha value is -3.24. The van der Waals surface area contributed by atoms with Gasteiger partial charge in [0.2, 0.25) is 5.95 Å². The Morgan fingerprint density at radius 1 is 1.05 bits per heavy atom. The summed E-state index contributed by atoms with van der Waals surface area (Å²) in [7, 11) is 3.59. The highest BCUT2D eigenvalue weighted by Gasteiger charge is 2.27. The van der Waals surface area contributed by atoms with Crippen LogP contribution in [0.15, 0.2) is 30.6 Å². The zero-order valence-electron chi connectivity index (χ0n) is 23.3. The lowest BCUT2D eigenvalue weighted by atomic mass is 9.99. The number of pyridine rings is 1. The third-order valence-corrected chi connectivity index (χ3v) is 8.53. The molecule has 5 heterocycles. The maximum Gasteiger partial charge on any atom is 0.270 e. The summed E-state index contributed by atoms with van der Waals surface area (Å²) >= 11 is 0. The van der Waals surface area contributed by atoms with Gasteiger partial charge in [0.25, 0.3) is 5.91 Å². The maximum atomic E-state index is 13.0. The molecule has 2 saturated heterocycles. The van der Waals surface area contributed by atoms with Crippen molar-refractivity contribution in [1.29, 1.82) is 0 Å². The van der Waals surface area contributed by atoms with Gasteiger partial charge < -0.3 is 25.0 Å². The standard InChI is InChI=1S/C29H41N9O/c1-35(2)28(39)25-16-22-18-32-29(34-27(22)38(25)23-7-3-4-8-23)33-26-10-9-24(19-31-26)37-14-12-36(13-15-37)20-21-6-5-11-30-17-21/h9-10,16,18-19,21,23,30H,3-8,11-15,17,20H2,1-2H3,(H,31,32,33,34)/t21-/m0/s1. The molecule has 3 aliphatic rings. The van der Waals surface area contributed by atoms with Crippen molar-refractivity contribution in [3.63, 3.8) is 0 Å². The van der Waals surface area contributed by atoms with Gasteiger partial charge in [0.15, 0.2) is 0 Å². The van der Waals surface area contributed by atoms with Gasteiger partial charge >= 0.3 is 0 Å². The van der Waals surface area contributed by atoms with E-state index in [-0.39, 0.29) is 5.91 Å². The topological polar surface area (TPSA) is 94.5 Å². The van der Waals surface area contributed by atoms with E-state index in [1.54, 1.807) is 25.2 Å². The summed E-state index contributed by atoms with van der Waals surface area (Å²) < 4.78 is 2.14. The maximum absolute atomic E-state index is 13.0. The van der Waals surface area contributed by atoms with Gasteiger partial charge in [0.1, 0.15) is 17.2 Å². The van der Waals surface area contributed by atoms with Crippen LogP contribution in [-0.2, 0) is 0 Å². The molecular weight excluding hydrogens is 490 g/mol. The third-order valence-electron chi connectivity index (χ3n) is 8.53. The van der Waals surface area contributed by atoms with Crippen LogP contribution in [0, 0.1) is 5.92 Å². The zero-order chi connectivity index (χ0) is 26.8. The summed E-state index contributed by atoms with van der Waals surface area (Å²) in [4.78, 5) is 33.7. The predicted octanol–water partition coefficient (Wildman–Crippen LogP) is 3.51. The molecule has 0 unspecified atom stereocenters. The van der Waals surface area contributed by atoms with Crippen LogP contribution in [0.2, 0.25) is 0 Å².